The van der Waals surface area contributed by atoms with Gasteiger partial charge in [-0.3, -0.25) is 10.3 Å². The Morgan fingerprint density at radius 2 is 1.66 bits per heavy atom. The van der Waals surface area contributed by atoms with Crippen LogP contribution in [0.3, 0.4) is 0 Å². The first-order valence-corrected chi connectivity index (χ1v) is 13.8. The second kappa shape index (κ2) is 11.6. The number of ether oxygens (including phenoxy) is 1. The lowest BCUT2D eigenvalue weighted by Gasteiger charge is -2.12. The lowest BCUT2D eigenvalue weighted by atomic mass is 10.1. The number of hydrogen-bond acceptors (Lipinski definition) is 7. The number of amides is 1. The lowest BCUT2D eigenvalue weighted by Crippen LogP contribution is -2.23. The molecule has 0 aliphatic rings. The predicted octanol–water partition coefficient (Wildman–Crippen LogP) is 5.92. The zero-order chi connectivity index (χ0) is 31.7. The largest absolute Gasteiger partial charge is 0.433 e. The average molecular weight is 637 g/mol. The Balaban J connectivity index is 1.38. The molecule has 5 rings (SSSR count). The number of carbonyl (C=O) groups is 1. The van der Waals surface area contributed by atoms with E-state index >= 15 is 0 Å². The molecule has 3 aromatic heterocycles. The summed E-state index contributed by atoms with van der Waals surface area (Å²) in [5, 5.41) is 5.89. The van der Waals surface area contributed by atoms with Crippen LogP contribution in [0.25, 0.3) is 16.9 Å². The number of nitrogens with zero attached hydrogens (tertiary/aromatic N) is 4. The predicted molar refractivity (Wildman–Crippen MR) is 143 cm³/mol. The van der Waals surface area contributed by atoms with Crippen LogP contribution in [0.2, 0.25) is 0 Å². The lowest BCUT2D eigenvalue weighted by molar-refractivity contribution is -0.142. The van der Waals surface area contributed by atoms with E-state index in [2.05, 4.69) is 25.1 Å². The van der Waals surface area contributed by atoms with Gasteiger partial charge in [-0.2, -0.15) is 31.4 Å². The van der Waals surface area contributed by atoms with Crippen molar-refractivity contribution in [2.24, 2.45) is 0 Å². The SMILES string of the molecule is O=C(Nc1cccc(S(=O)(=O)NCc2cccnc2)c1)Oc1cnn2c(C(F)(F)F)cc(-c3ccc(C(F)(F)F)cc3)nc12. The quantitative estimate of drug-likeness (QED) is 0.213. The summed E-state index contributed by atoms with van der Waals surface area (Å²) in [5.74, 6) is -0.510. The topological polar surface area (TPSA) is 128 Å². The van der Waals surface area contributed by atoms with Gasteiger partial charge in [0, 0.05) is 30.2 Å². The third kappa shape index (κ3) is 6.78. The van der Waals surface area contributed by atoms with E-state index in [9.17, 15) is 39.6 Å². The van der Waals surface area contributed by atoms with Crippen molar-refractivity contribution in [3.05, 3.63) is 102 Å². The molecule has 0 saturated carbocycles. The van der Waals surface area contributed by atoms with Gasteiger partial charge in [0.1, 0.15) is 0 Å². The van der Waals surface area contributed by atoms with Crippen LogP contribution in [0.1, 0.15) is 16.8 Å². The summed E-state index contributed by atoms with van der Waals surface area (Å²) in [6.45, 7) is -0.0496. The zero-order valence-corrected chi connectivity index (χ0v) is 22.7. The van der Waals surface area contributed by atoms with Crippen LogP contribution in [-0.2, 0) is 28.9 Å². The summed E-state index contributed by atoms with van der Waals surface area (Å²) >= 11 is 0. The summed E-state index contributed by atoms with van der Waals surface area (Å²) < 4.78 is 114. The molecule has 2 aromatic carbocycles. The molecule has 0 aliphatic heterocycles. The van der Waals surface area contributed by atoms with E-state index in [0.29, 0.717) is 28.3 Å². The van der Waals surface area contributed by atoms with Crippen LogP contribution in [0.4, 0.5) is 36.8 Å². The van der Waals surface area contributed by atoms with Gasteiger partial charge in [0.25, 0.3) is 0 Å². The van der Waals surface area contributed by atoms with Gasteiger partial charge in [0.2, 0.25) is 10.0 Å². The average Bonchev–Trinajstić information content (AvgIpc) is 3.37. The summed E-state index contributed by atoms with van der Waals surface area (Å²) in [5.41, 5.74) is -2.75. The van der Waals surface area contributed by atoms with E-state index in [1.807, 2.05) is 0 Å². The highest BCUT2D eigenvalue weighted by Crippen LogP contribution is 2.35. The van der Waals surface area contributed by atoms with Gasteiger partial charge in [-0.05, 0) is 48.0 Å². The van der Waals surface area contributed by atoms with Gasteiger partial charge in [-0.1, -0.05) is 24.3 Å². The highest BCUT2D eigenvalue weighted by Gasteiger charge is 2.36. The maximum Gasteiger partial charge on any atom is 0.433 e. The number of nitrogens with one attached hydrogen (secondary N) is 2. The number of rotatable bonds is 7. The summed E-state index contributed by atoms with van der Waals surface area (Å²) in [6.07, 6.45) is -7.03. The van der Waals surface area contributed by atoms with Crippen LogP contribution in [-0.4, -0.2) is 34.1 Å². The Morgan fingerprint density at radius 1 is 0.909 bits per heavy atom. The van der Waals surface area contributed by atoms with Crippen molar-refractivity contribution in [1.29, 1.82) is 0 Å². The third-order valence-corrected chi connectivity index (χ3v) is 7.42. The van der Waals surface area contributed by atoms with Crippen molar-refractivity contribution in [2.75, 3.05) is 5.32 Å². The maximum absolute atomic E-state index is 13.9. The van der Waals surface area contributed by atoms with Gasteiger partial charge < -0.3 is 4.74 Å². The zero-order valence-electron chi connectivity index (χ0n) is 21.9. The van der Waals surface area contributed by atoms with Gasteiger partial charge in [0.05, 0.1) is 22.3 Å². The van der Waals surface area contributed by atoms with Crippen LogP contribution >= 0.6 is 0 Å². The third-order valence-electron chi connectivity index (χ3n) is 6.02. The molecule has 0 unspecified atom stereocenters. The molecule has 44 heavy (non-hydrogen) atoms. The molecule has 5 aromatic rings. The Bertz CT molecular complexity index is 1930. The molecule has 0 radical (unpaired) electrons. The first-order chi connectivity index (χ1) is 20.7. The summed E-state index contributed by atoms with van der Waals surface area (Å²) in [7, 11) is -4.02. The van der Waals surface area contributed by atoms with Crippen molar-refractivity contribution in [3.63, 3.8) is 0 Å². The van der Waals surface area contributed by atoms with Crippen molar-refractivity contribution in [2.45, 2.75) is 23.8 Å². The molecule has 0 aliphatic carbocycles. The number of benzene rings is 2. The van der Waals surface area contributed by atoms with Crippen molar-refractivity contribution < 1.29 is 44.3 Å². The number of sulfonamides is 1. The number of anilines is 1. The van der Waals surface area contributed by atoms with Crippen molar-refractivity contribution in [3.8, 4) is 17.0 Å². The minimum atomic E-state index is -4.97. The highest BCUT2D eigenvalue weighted by atomic mass is 32.2. The molecule has 3 heterocycles. The fourth-order valence-corrected chi connectivity index (χ4v) is 5.01. The first kappa shape index (κ1) is 30.4. The van der Waals surface area contributed by atoms with E-state index in [1.165, 1.54) is 30.6 Å². The summed E-state index contributed by atoms with van der Waals surface area (Å²) in [4.78, 5) is 20.4. The molecule has 2 N–H and O–H groups in total. The monoisotopic (exact) mass is 636 g/mol. The maximum atomic E-state index is 13.9. The number of hydrogen-bond donors (Lipinski definition) is 2. The fourth-order valence-electron chi connectivity index (χ4n) is 3.94. The first-order valence-electron chi connectivity index (χ1n) is 12.3. The Hall–Kier alpha value is -5.03. The van der Waals surface area contributed by atoms with Crippen molar-refractivity contribution in [1.82, 2.24) is 24.3 Å². The molecule has 0 spiro atoms. The number of carbonyl (C=O) groups excluding carboxylic acids is 1. The van der Waals surface area contributed by atoms with Crippen molar-refractivity contribution >= 4 is 27.5 Å². The second-order valence-corrected chi connectivity index (χ2v) is 10.8. The van der Waals surface area contributed by atoms with Crippen LogP contribution in [0.15, 0.2) is 90.2 Å². The molecule has 0 saturated heterocycles. The van der Waals surface area contributed by atoms with Gasteiger partial charge >= 0.3 is 18.4 Å². The number of halogens is 6. The van der Waals surface area contributed by atoms with Crippen LogP contribution in [0, 0.1) is 0 Å². The summed E-state index contributed by atoms with van der Waals surface area (Å²) in [6, 6.07) is 12.3. The second-order valence-electron chi connectivity index (χ2n) is 9.07. The Labute approximate surface area is 244 Å². The van der Waals surface area contributed by atoms with Crippen LogP contribution < -0.4 is 14.8 Å². The molecule has 1 amide bonds. The molecular weight excluding hydrogens is 618 g/mol. The van der Waals surface area contributed by atoms with E-state index in [4.69, 9.17) is 4.74 Å². The van der Waals surface area contributed by atoms with Gasteiger partial charge in [-0.15, -0.1) is 0 Å². The standard InChI is InChI=1S/C27H18F6N6O4S/c28-26(29,30)18-8-6-17(7-9-18)21-12-23(27(31,32)33)39-24(38-21)22(15-35-39)43-25(40)37-19-4-1-5-20(11-19)44(41,42)36-14-16-3-2-10-34-13-16/h1-13,15,36H,14H2,(H,37,40). The number of aromatic nitrogens is 4. The van der Waals surface area contributed by atoms with E-state index in [-0.39, 0.29) is 28.4 Å². The molecule has 0 atom stereocenters. The fraction of sp³-hybridized carbons (Fsp3) is 0.111. The number of pyridine rings is 1. The number of fused-ring (bicyclic) bond motifs is 1. The highest BCUT2D eigenvalue weighted by molar-refractivity contribution is 7.89. The van der Waals surface area contributed by atoms with E-state index < -0.39 is 51.1 Å². The molecular formula is C27H18F6N6O4S. The molecule has 0 fully saturated rings. The normalized spacial score (nSPS) is 12.3. The minimum absolute atomic E-state index is 0.0230. The smallest absolute Gasteiger partial charge is 0.404 e. The molecule has 10 nitrogen and oxygen atoms in total. The molecule has 228 valence electrons. The minimum Gasteiger partial charge on any atom is -0.404 e. The molecule has 0 bridgehead atoms. The van der Waals surface area contributed by atoms with E-state index in [1.54, 1.807) is 12.1 Å². The van der Waals surface area contributed by atoms with Gasteiger partial charge in [-0.25, -0.2) is 27.4 Å². The molecule has 17 heteroatoms. The van der Waals surface area contributed by atoms with Crippen LogP contribution in [0.5, 0.6) is 5.75 Å². The Kier molecular flexibility index (Phi) is 8.00. The van der Waals surface area contributed by atoms with E-state index in [0.717, 1.165) is 24.4 Å². The van der Waals surface area contributed by atoms with Gasteiger partial charge in [0.15, 0.2) is 17.1 Å². The number of alkyl halides is 6. The Morgan fingerprint density at radius 3 is 2.32 bits per heavy atom.